The maximum Gasteiger partial charge on any atom is 0.305 e. The predicted molar refractivity (Wildman–Crippen MR) is 167 cm³/mol. The molecule has 0 amide bonds. The van der Waals surface area contributed by atoms with Crippen molar-refractivity contribution in [3.05, 3.63) is 0 Å². The van der Waals surface area contributed by atoms with E-state index in [1.807, 2.05) is 0 Å². The molecular formula is C33H62O4Si2. The fraction of sp³-hybridized carbons (Fsp3) is 0.970. The van der Waals surface area contributed by atoms with Gasteiger partial charge in [-0.1, -0.05) is 47.5 Å². The molecule has 4 nitrogen and oxygen atoms in total. The number of carbonyl (C=O) groups is 1. The van der Waals surface area contributed by atoms with Crippen molar-refractivity contribution in [3.8, 4) is 0 Å². The number of methoxy groups -OCH3 is 1. The van der Waals surface area contributed by atoms with E-state index in [-0.39, 0.29) is 11.4 Å². The molecule has 4 aliphatic carbocycles. The van der Waals surface area contributed by atoms with Crippen LogP contribution in [0.5, 0.6) is 0 Å². The SMILES string of the molecule is CC[Si](C)(C)O[C@H]1C[C@@H]2CCCC[C@]2(C)[C@H]2C[C@@H](O[Si](C)(C)CC)[C@]3(C)[C@@H]([C@H](C)CCC(=O)OC)CC[C@H]3[C@H]12. The fourth-order valence-corrected chi connectivity index (χ4v) is 12.6. The van der Waals surface area contributed by atoms with E-state index in [4.69, 9.17) is 13.6 Å². The van der Waals surface area contributed by atoms with Gasteiger partial charge in [0.15, 0.2) is 16.6 Å². The summed E-state index contributed by atoms with van der Waals surface area (Å²) < 4.78 is 19.8. The molecule has 6 heteroatoms. The summed E-state index contributed by atoms with van der Waals surface area (Å²) in [5, 5.41) is 0. The predicted octanol–water partition coefficient (Wildman–Crippen LogP) is 9.06. The van der Waals surface area contributed by atoms with Crippen molar-refractivity contribution in [3.63, 3.8) is 0 Å². The van der Waals surface area contributed by atoms with Gasteiger partial charge in [0.05, 0.1) is 13.2 Å². The Bertz CT molecular complexity index is 861. The zero-order valence-corrected chi connectivity index (χ0v) is 29.2. The van der Waals surface area contributed by atoms with Crippen LogP contribution in [0.2, 0.25) is 38.3 Å². The molecule has 0 heterocycles. The Morgan fingerprint density at radius 3 is 2.23 bits per heavy atom. The zero-order valence-electron chi connectivity index (χ0n) is 27.2. The van der Waals surface area contributed by atoms with Gasteiger partial charge in [0.2, 0.25) is 0 Å². The summed E-state index contributed by atoms with van der Waals surface area (Å²) in [7, 11) is -1.94. The first-order chi connectivity index (χ1) is 18.2. The third-order valence-corrected chi connectivity index (χ3v) is 18.3. The van der Waals surface area contributed by atoms with Gasteiger partial charge >= 0.3 is 5.97 Å². The second kappa shape index (κ2) is 11.8. The Hall–Kier alpha value is -0.176. The molecule has 4 rings (SSSR count). The van der Waals surface area contributed by atoms with Gasteiger partial charge in [-0.25, -0.2) is 0 Å². The lowest BCUT2D eigenvalue weighted by atomic mass is 9.43. The molecule has 39 heavy (non-hydrogen) atoms. The highest BCUT2D eigenvalue weighted by molar-refractivity contribution is 6.71. The van der Waals surface area contributed by atoms with Crippen molar-refractivity contribution in [2.45, 2.75) is 149 Å². The van der Waals surface area contributed by atoms with Gasteiger partial charge < -0.3 is 13.6 Å². The van der Waals surface area contributed by atoms with Crippen molar-refractivity contribution in [2.24, 2.45) is 46.3 Å². The monoisotopic (exact) mass is 578 g/mol. The fourth-order valence-electron chi connectivity index (χ4n) is 10.0. The van der Waals surface area contributed by atoms with Gasteiger partial charge in [-0.15, -0.1) is 0 Å². The van der Waals surface area contributed by atoms with Crippen LogP contribution in [0.25, 0.3) is 0 Å². The number of rotatable bonds is 10. The first-order valence-corrected chi connectivity index (χ1v) is 22.9. The lowest BCUT2D eigenvalue weighted by Crippen LogP contribution is -2.64. The van der Waals surface area contributed by atoms with E-state index in [9.17, 15) is 4.79 Å². The summed E-state index contributed by atoms with van der Waals surface area (Å²) in [5.41, 5.74) is 0.573. The van der Waals surface area contributed by atoms with Gasteiger partial charge in [-0.2, -0.15) is 0 Å². The van der Waals surface area contributed by atoms with Crippen LogP contribution >= 0.6 is 0 Å². The van der Waals surface area contributed by atoms with Gasteiger partial charge in [-0.05, 0) is 130 Å². The first-order valence-electron chi connectivity index (χ1n) is 16.6. The molecule has 4 fully saturated rings. The third kappa shape index (κ3) is 6.02. The minimum Gasteiger partial charge on any atom is -0.469 e. The van der Waals surface area contributed by atoms with Crippen LogP contribution in [0.3, 0.4) is 0 Å². The second-order valence-corrected chi connectivity index (χ2v) is 24.8. The molecule has 4 aliphatic rings. The Morgan fingerprint density at radius 1 is 0.923 bits per heavy atom. The van der Waals surface area contributed by atoms with Crippen LogP contribution in [-0.4, -0.2) is 41.9 Å². The van der Waals surface area contributed by atoms with E-state index >= 15 is 0 Å². The molecule has 226 valence electrons. The molecule has 0 unspecified atom stereocenters. The van der Waals surface area contributed by atoms with E-state index in [0.717, 1.165) is 12.3 Å². The van der Waals surface area contributed by atoms with Gasteiger partial charge in [0.1, 0.15) is 0 Å². The van der Waals surface area contributed by atoms with E-state index in [2.05, 4.69) is 60.8 Å². The topological polar surface area (TPSA) is 44.8 Å². The lowest BCUT2D eigenvalue weighted by Gasteiger charge is -2.65. The summed E-state index contributed by atoms with van der Waals surface area (Å²) in [6.45, 7) is 22.2. The summed E-state index contributed by atoms with van der Waals surface area (Å²) in [4.78, 5) is 12.1. The van der Waals surface area contributed by atoms with E-state index in [1.54, 1.807) is 0 Å². The quantitative estimate of drug-likeness (QED) is 0.192. The molecular weight excluding hydrogens is 517 g/mol. The van der Waals surface area contributed by atoms with Crippen LogP contribution in [0.1, 0.15) is 98.8 Å². The van der Waals surface area contributed by atoms with Gasteiger partial charge in [0, 0.05) is 12.5 Å². The van der Waals surface area contributed by atoms with Crippen molar-refractivity contribution in [2.75, 3.05) is 7.11 Å². The second-order valence-electron chi connectivity index (χ2n) is 15.8. The summed E-state index contributed by atoms with van der Waals surface area (Å²) >= 11 is 0. The van der Waals surface area contributed by atoms with Crippen molar-refractivity contribution in [1.29, 1.82) is 0 Å². The molecule has 0 radical (unpaired) electrons. The van der Waals surface area contributed by atoms with Crippen LogP contribution in [0.15, 0.2) is 0 Å². The largest absolute Gasteiger partial charge is 0.469 e. The molecule has 0 N–H and O–H groups in total. The summed E-state index contributed by atoms with van der Waals surface area (Å²) in [6.07, 6.45) is 12.8. The van der Waals surface area contributed by atoms with Gasteiger partial charge in [-0.3, -0.25) is 4.79 Å². The van der Waals surface area contributed by atoms with Crippen molar-refractivity contribution < 1.29 is 18.4 Å². The Morgan fingerprint density at radius 2 is 1.59 bits per heavy atom. The Kier molecular flexibility index (Phi) is 9.64. The van der Waals surface area contributed by atoms with E-state index in [1.165, 1.54) is 70.6 Å². The highest BCUT2D eigenvalue weighted by Gasteiger charge is 2.66. The maximum absolute atomic E-state index is 12.1. The molecule has 0 spiro atoms. The highest BCUT2D eigenvalue weighted by Crippen LogP contribution is 2.69. The third-order valence-electron chi connectivity index (χ3n) is 13.1. The number of fused-ring (bicyclic) bond motifs is 5. The maximum atomic E-state index is 12.1. The molecule has 10 atom stereocenters. The van der Waals surface area contributed by atoms with Crippen LogP contribution in [0.4, 0.5) is 0 Å². The number of hydrogen-bond donors (Lipinski definition) is 0. The number of ether oxygens (including phenoxy) is 1. The lowest BCUT2D eigenvalue weighted by molar-refractivity contribution is -0.194. The Balaban J connectivity index is 1.75. The van der Waals surface area contributed by atoms with Crippen LogP contribution < -0.4 is 0 Å². The van der Waals surface area contributed by atoms with Crippen molar-refractivity contribution in [1.82, 2.24) is 0 Å². The molecule has 0 bridgehead atoms. The number of hydrogen-bond acceptors (Lipinski definition) is 4. The van der Waals surface area contributed by atoms with Gasteiger partial charge in [0.25, 0.3) is 0 Å². The Labute approximate surface area is 243 Å². The first kappa shape index (κ1) is 31.8. The average molecular weight is 579 g/mol. The number of carbonyl (C=O) groups excluding carboxylic acids is 1. The molecule has 0 aliphatic heterocycles. The minimum atomic E-state index is -1.76. The smallest absolute Gasteiger partial charge is 0.305 e. The molecule has 0 aromatic carbocycles. The van der Waals surface area contributed by atoms with E-state index in [0.29, 0.717) is 53.6 Å². The average Bonchev–Trinajstić information content (AvgIpc) is 3.25. The standard InChI is InChI=1S/C33H62O4Si2/c1-11-38(7,8)36-28-21-24-15-13-14-20-32(24,4)27-22-29(37-39(9,10)12-2)33(5)25(17-18-26(33)31(27)28)23(3)16-19-30(34)35-6/h23-29,31H,11-22H2,1-10H3/t23-,24+,25-,26+,27+,28+,29-,31+,32+,33-/m1/s1. The summed E-state index contributed by atoms with van der Waals surface area (Å²) in [5.74, 6) is 3.83. The molecule has 0 saturated heterocycles. The molecule has 0 aromatic heterocycles. The van der Waals surface area contributed by atoms with Crippen LogP contribution in [0, 0.1) is 46.3 Å². The van der Waals surface area contributed by atoms with E-state index < -0.39 is 16.6 Å². The van der Waals surface area contributed by atoms with Crippen molar-refractivity contribution >= 4 is 22.6 Å². The number of esters is 1. The molecule has 4 saturated carbocycles. The van der Waals surface area contributed by atoms with Crippen LogP contribution in [-0.2, 0) is 18.4 Å². The normalized spacial score (nSPS) is 41.3. The minimum absolute atomic E-state index is 0.0682. The summed E-state index contributed by atoms with van der Waals surface area (Å²) in [6, 6.07) is 2.36. The molecule has 0 aromatic rings. The highest BCUT2D eigenvalue weighted by atomic mass is 28.4. The zero-order chi connectivity index (χ0) is 28.8.